The van der Waals surface area contributed by atoms with Gasteiger partial charge in [0.2, 0.25) is 0 Å². The first kappa shape index (κ1) is 17.3. The first-order valence-corrected chi connectivity index (χ1v) is 7.35. The molecule has 0 unspecified atom stereocenters. The van der Waals surface area contributed by atoms with Crippen LogP contribution in [0, 0.1) is 11.3 Å². The molecule has 0 aliphatic rings. The van der Waals surface area contributed by atoms with Crippen molar-refractivity contribution < 1.29 is 14.3 Å². The number of benzene rings is 2. The number of rotatable bonds is 5. The van der Waals surface area contributed by atoms with E-state index in [1.54, 1.807) is 48.5 Å². The van der Waals surface area contributed by atoms with Crippen LogP contribution in [-0.2, 0) is 14.3 Å². The molecule has 0 aromatic heterocycles. The molecule has 2 aromatic carbocycles. The normalized spacial score (nSPS) is 10.2. The van der Waals surface area contributed by atoms with Crippen LogP contribution in [0.3, 0.4) is 0 Å². The molecule has 0 radical (unpaired) electrons. The summed E-state index contributed by atoms with van der Waals surface area (Å²) in [4.78, 5) is 23.3. The molecule has 0 saturated heterocycles. The molecule has 2 rings (SSSR count). The van der Waals surface area contributed by atoms with Crippen LogP contribution in [0.1, 0.15) is 11.1 Å². The van der Waals surface area contributed by atoms with Gasteiger partial charge in [-0.2, -0.15) is 5.26 Å². The molecule has 2 aromatic rings. The molecular formula is C18H13ClN2O3. The average molecular weight is 341 g/mol. The summed E-state index contributed by atoms with van der Waals surface area (Å²) in [5.74, 6) is -1.13. The molecule has 0 aliphatic carbocycles. The molecule has 120 valence electrons. The fraction of sp³-hybridized carbons (Fsp3) is 0.0556. The molecule has 1 amide bonds. The van der Waals surface area contributed by atoms with E-state index in [1.165, 1.54) is 12.1 Å². The van der Waals surface area contributed by atoms with Crippen LogP contribution in [0.25, 0.3) is 6.08 Å². The Morgan fingerprint density at radius 2 is 2.00 bits per heavy atom. The zero-order chi connectivity index (χ0) is 17.4. The van der Waals surface area contributed by atoms with Crippen molar-refractivity contribution in [2.24, 2.45) is 0 Å². The number of nitrogens with zero attached hydrogens (tertiary/aromatic N) is 1. The second kappa shape index (κ2) is 8.51. The molecular weight excluding hydrogens is 328 g/mol. The third-order valence-corrected chi connectivity index (χ3v) is 3.12. The summed E-state index contributed by atoms with van der Waals surface area (Å²) in [5, 5.41) is 11.9. The van der Waals surface area contributed by atoms with E-state index in [1.807, 2.05) is 6.07 Å². The Hall–Kier alpha value is -3.10. The zero-order valence-corrected chi connectivity index (χ0v) is 13.3. The minimum Gasteiger partial charge on any atom is -0.452 e. The minimum absolute atomic E-state index is 0.421. The first-order valence-electron chi connectivity index (χ1n) is 6.97. The summed E-state index contributed by atoms with van der Waals surface area (Å²) in [6.07, 6.45) is 2.76. The van der Waals surface area contributed by atoms with Crippen LogP contribution in [0.5, 0.6) is 0 Å². The summed E-state index contributed by atoms with van der Waals surface area (Å²) in [6, 6.07) is 15.4. The maximum absolute atomic E-state index is 11.7. The van der Waals surface area contributed by atoms with E-state index in [9.17, 15) is 9.59 Å². The number of nitriles is 1. The van der Waals surface area contributed by atoms with Gasteiger partial charge in [-0.25, -0.2) is 4.79 Å². The highest BCUT2D eigenvalue weighted by Gasteiger charge is 2.06. The maximum atomic E-state index is 11.7. The van der Waals surface area contributed by atoms with E-state index in [-0.39, 0.29) is 0 Å². The van der Waals surface area contributed by atoms with Crippen LogP contribution in [0.15, 0.2) is 54.6 Å². The minimum atomic E-state index is -0.643. The molecule has 0 aliphatic heterocycles. The average Bonchev–Trinajstić information content (AvgIpc) is 2.58. The van der Waals surface area contributed by atoms with E-state index < -0.39 is 18.5 Å². The second-order valence-corrected chi connectivity index (χ2v) is 5.17. The predicted octanol–water partition coefficient (Wildman–Crippen LogP) is 3.41. The fourth-order valence-corrected chi connectivity index (χ4v) is 2.02. The smallest absolute Gasteiger partial charge is 0.331 e. The van der Waals surface area contributed by atoms with E-state index in [2.05, 4.69) is 5.32 Å². The molecule has 0 fully saturated rings. The van der Waals surface area contributed by atoms with Gasteiger partial charge in [0.1, 0.15) is 0 Å². The Balaban J connectivity index is 1.82. The Morgan fingerprint density at radius 1 is 1.21 bits per heavy atom. The molecule has 6 heteroatoms. The largest absolute Gasteiger partial charge is 0.452 e. The maximum Gasteiger partial charge on any atom is 0.331 e. The van der Waals surface area contributed by atoms with E-state index in [0.717, 1.165) is 5.56 Å². The van der Waals surface area contributed by atoms with E-state index in [4.69, 9.17) is 21.6 Å². The number of hydrogen-bond acceptors (Lipinski definition) is 4. The Morgan fingerprint density at radius 3 is 2.75 bits per heavy atom. The van der Waals surface area contributed by atoms with Crippen LogP contribution < -0.4 is 5.32 Å². The Kier molecular flexibility index (Phi) is 6.12. The Labute approximate surface area is 144 Å². The number of halogens is 1. The summed E-state index contributed by atoms with van der Waals surface area (Å²) in [7, 11) is 0. The van der Waals surface area contributed by atoms with Gasteiger partial charge in [-0.05, 0) is 42.0 Å². The predicted molar refractivity (Wildman–Crippen MR) is 91.2 cm³/mol. The number of anilines is 1. The van der Waals surface area contributed by atoms with Gasteiger partial charge in [-0.1, -0.05) is 29.8 Å². The van der Waals surface area contributed by atoms with E-state index >= 15 is 0 Å². The van der Waals surface area contributed by atoms with Crippen LogP contribution >= 0.6 is 11.6 Å². The lowest BCUT2D eigenvalue weighted by Gasteiger charge is -2.05. The van der Waals surface area contributed by atoms with Crippen molar-refractivity contribution in [3.63, 3.8) is 0 Å². The van der Waals surface area contributed by atoms with Crippen molar-refractivity contribution in [1.29, 1.82) is 5.26 Å². The van der Waals surface area contributed by atoms with Gasteiger partial charge in [0.25, 0.3) is 5.91 Å². The van der Waals surface area contributed by atoms with Gasteiger partial charge >= 0.3 is 5.97 Å². The van der Waals surface area contributed by atoms with Gasteiger partial charge < -0.3 is 10.1 Å². The van der Waals surface area contributed by atoms with Gasteiger partial charge in [0.05, 0.1) is 11.6 Å². The molecule has 0 bridgehead atoms. The number of nitrogens with one attached hydrogen (secondary N) is 1. The molecule has 5 nitrogen and oxygen atoms in total. The third-order valence-electron chi connectivity index (χ3n) is 2.88. The number of carbonyl (C=O) groups is 2. The highest BCUT2D eigenvalue weighted by atomic mass is 35.5. The molecule has 0 saturated carbocycles. The number of carbonyl (C=O) groups excluding carboxylic acids is 2. The molecule has 0 heterocycles. The molecule has 1 N–H and O–H groups in total. The monoisotopic (exact) mass is 340 g/mol. The van der Waals surface area contributed by atoms with Crippen molar-refractivity contribution in [3.8, 4) is 6.07 Å². The summed E-state index contributed by atoms with van der Waals surface area (Å²) in [6.45, 7) is -0.421. The van der Waals surface area contributed by atoms with Gasteiger partial charge in [0.15, 0.2) is 6.61 Å². The topological polar surface area (TPSA) is 79.2 Å². The van der Waals surface area contributed by atoms with Gasteiger partial charge in [0, 0.05) is 16.8 Å². The van der Waals surface area contributed by atoms with Gasteiger partial charge in [-0.3, -0.25) is 4.79 Å². The molecule has 24 heavy (non-hydrogen) atoms. The zero-order valence-electron chi connectivity index (χ0n) is 12.5. The van der Waals surface area contributed by atoms with Crippen molar-refractivity contribution in [2.75, 3.05) is 11.9 Å². The van der Waals surface area contributed by atoms with E-state index in [0.29, 0.717) is 16.3 Å². The number of ether oxygens (including phenoxy) is 1. The number of esters is 1. The Bertz CT molecular complexity index is 825. The third kappa shape index (κ3) is 5.59. The summed E-state index contributed by atoms with van der Waals surface area (Å²) < 4.78 is 4.85. The SMILES string of the molecule is N#Cc1cccc(NC(=O)COC(=O)C=Cc2cccc(Cl)c2)c1. The highest BCUT2D eigenvalue weighted by molar-refractivity contribution is 6.30. The van der Waals surface area contributed by atoms with Crippen LogP contribution in [0.2, 0.25) is 5.02 Å². The van der Waals surface area contributed by atoms with Crippen LogP contribution in [-0.4, -0.2) is 18.5 Å². The summed E-state index contributed by atoms with van der Waals surface area (Å²) in [5.41, 5.74) is 1.64. The molecule has 0 atom stereocenters. The second-order valence-electron chi connectivity index (χ2n) is 4.74. The fourth-order valence-electron chi connectivity index (χ4n) is 1.82. The first-order chi connectivity index (χ1) is 11.6. The standard InChI is InChI=1S/C18H13ClN2O3/c19-15-5-1-3-13(9-15)7-8-18(23)24-12-17(22)21-16-6-2-4-14(10-16)11-20/h1-10H,12H2,(H,21,22). The van der Waals surface area contributed by atoms with Crippen molar-refractivity contribution in [1.82, 2.24) is 0 Å². The molecule has 0 spiro atoms. The van der Waals surface area contributed by atoms with Crippen molar-refractivity contribution in [2.45, 2.75) is 0 Å². The summed E-state index contributed by atoms with van der Waals surface area (Å²) >= 11 is 5.84. The lowest BCUT2D eigenvalue weighted by atomic mass is 10.2. The number of amides is 1. The lowest BCUT2D eigenvalue weighted by molar-refractivity contribution is -0.142. The van der Waals surface area contributed by atoms with Crippen LogP contribution in [0.4, 0.5) is 5.69 Å². The van der Waals surface area contributed by atoms with Gasteiger partial charge in [-0.15, -0.1) is 0 Å². The van der Waals surface area contributed by atoms with Crippen molar-refractivity contribution in [3.05, 3.63) is 70.8 Å². The lowest BCUT2D eigenvalue weighted by Crippen LogP contribution is -2.20. The highest BCUT2D eigenvalue weighted by Crippen LogP contribution is 2.12. The number of hydrogen-bond donors (Lipinski definition) is 1. The quantitative estimate of drug-likeness (QED) is 0.668. The van der Waals surface area contributed by atoms with Crippen molar-refractivity contribution >= 4 is 35.2 Å².